The molecule has 4 aromatic carbocycles. The van der Waals surface area contributed by atoms with Crippen LogP contribution in [0.5, 0.6) is 0 Å². The molecule has 7 rings (SSSR count). The van der Waals surface area contributed by atoms with Gasteiger partial charge in [0.25, 0.3) is 0 Å². The van der Waals surface area contributed by atoms with Crippen molar-refractivity contribution in [2.24, 2.45) is 0 Å². The molecule has 40 heavy (non-hydrogen) atoms. The van der Waals surface area contributed by atoms with Gasteiger partial charge in [0.05, 0.1) is 0 Å². The Balaban J connectivity index is 1.66. The Kier molecular flexibility index (Phi) is 7.05. The van der Waals surface area contributed by atoms with Crippen molar-refractivity contribution in [1.82, 2.24) is 5.69 Å². The van der Waals surface area contributed by atoms with E-state index in [9.17, 15) is 0 Å². The van der Waals surface area contributed by atoms with Gasteiger partial charge in [-0.25, -0.2) is 0 Å². The number of hydrogen-bond donors (Lipinski definition) is 0. The predicted octanol–water partition coefficient (Wildman–Crippen LogP) is 9.67. The number of allylic oxidation sites excluding steroid dienone is 2. The first-order valence-electron chi connectivity index (χ1n) is 13.6. The Labute approximate surface area is 263 Å². The van der Waals surface area contributed by atoms with E-state index in [1.807, 2.05) is 11.8 Å². The van der Waals surface area contributed by atoms with Crippen molar-refractivity contribution in [2.75, 3.05) is 28.2 Å². The van der Waals surface area contributed by atoms with Gasteiger partial charge in [0.1, 0.15) is 0 Å². The average molecular weight is 750 g/mol. The van der Waals surface area contributed by atoms with Crippen molar-refractivity contribution in [1.29, 1.82) is 0 Å². The summed E-state index contributed by atoms with van der Waals surface area (Å²) < 4.78 is 8.38. The van der Waals surface area contributed by atoms with Crippen molar-refractivity contribution >= 4 is 66.9 Å². The van der Waals surface area contributed by atoms with Crippen molar-refractivity contribution in [2.45, 2.75) is 17.0 Å². The third kappa shape index (κ3) is 3.90. The van der Waals surface area contributed by atoms with E-state index in [0.29, 0.717) is 0 Å². The molecule has 2 nitrogen and oxygen atoms in total. The van der Waals surface area contributed by atoms with Crippen LogP contribution in [0.1, 0.15) is 40.6 Å². The SMILES string of the molecule is C[N](C)[Zr]1([N](C)C)[CH]2C(c3ccccc3)=Cc3c(ccc(Br)c32)Sc2ccc(Br)c3c2C=C(c2ccccc2)[CH]31. The molecule has 1 aliphatic heterocycles. The molecule has 2 aliphatic carbocycles. The maximum absolute atomic E-state index is 4.09. The molecule has 8 bridgehead atoms. The molecule has 0 radical (unpaired) electrons. The van der Waals surface area contributed by atoms with Crippen LogP contribution >= 0.6 is 43.6 Å². The first-order valence-corrected chi connectivity index (χ1v) is 21.0. The van der Waals surface area contributed by atoms with Gasteiger partial charge in [-0.15, -0.1) is 0 Å². The van der Waals surface area contributed by atoms with Gasteiger partial charge in [0.2, 0.25) is 0 Å². The van der Waals surface area contributed by atoms with Crippen molar-refractivity contribution in [3.8, 4) is 0 Å². The summed E-state index contributed by atoms with van der Waals surface area (Å²) in [6, 6.07) is 31.4. The fraction of sp³-hybridized carbons (Fsp3) is 0.176. The number of hydrogen-bond acceptors (Lipinski definition) is 3. The quantitative estimate of drug-likeness (QED) is 0.205. The molecule has 200 valence electrons. The summed E-state index contributed by atoms with van der Waals surface area (Å²) in [7, 11) is 9.42. The van der Waals surface area contributed by atoms with Crippen molar-refractivity contribution < 1.29 is 20.8 Å². The summed E-state index contributed by atoms with van der Waals surface area (Å²) in [5, 5.41) is 0. The van der Waals surface area contributed by atoms with Gasteiger partial charge >= 0.3 is 266 Å². The fourth-order valence-corrected chi connectivity index (χ4v) is 25.6. The van der Waals surface area contributed by atoms with Crippen LogP contribution in [-0.2, 0) is 20.8 Å². The summed E-state index contributed by atoms with van der Waals surface area (Å²) in [5.41, 5.74) is 11.2. The third-order valence-corrected chi connectivity index (χ3v) is 25.6. The second kappa shape index (κ2) is 10.3. The fourth-order valence-electron chi connectivity index (χ4n) is 7.39. The zero-order valence-corrected chi connectivity index (χ0v) is 29.4. The molecule has 0 saturated heterocycles. The van der Waals surface area contributed by atoms with Crippen LogP contribution in [0, 0.1) is 0 Å². The Bertz CT molecular complexity index is 1590. The molecule has 2 unspecified atom stereocenters. The van der Waals surface area contributed by atoms with Crippen LogP contribution in [0.25, 0.3) is 23.3 Å². The summed E-state index contributed by atoms with van der Waals surface area (Å²) in [6.07, 6.45) is 5.04. The van der Waals surface area contributed by atoms with Crippen LogP contribution in [0.2, 0.25) is 0 Å². The summed E-state index contributed by atoms with van der Waals surface area (Å²) in [4.78, 5) is 2.66. The zero-order valence-electron chi connectivity index (χ0n) is 23.0. The minimum atomic E-state index is -3.82. The van der Waals surface area contributed by atoms with E-state index in [0.717, 1.165) is 0 Å². The van der Waals surface area contributed by atoms with Gasteiger partial charge in [-0.3, -0.25) is 0 Å². The Morgan fingerprint density at radius 2 is 0.975 bits per heavy atom. The molecular weight excluding hydrogens is 719 g/mol. The second-order valence-electron chi connectivity index (χ2n) is 11.2. The van der Waals surface area contributed by atoms with E-state index in [4.69, 9.17) is 0 Å². The Morgan fingerprint density at radius 1 is 0.575 bits per heavy atom. The first kappa shape index (κ1) is 27.3. The zero-order chi connectivity index (χ0) is 27.8. The molecule has 0 N–H and O–H groups in total. The summed E-state index contributed by atoms with van der Waals surface area (Å²) >= 11 is 6.27. The van der Waals surface area contributed by atoms with Gasteiger partial charge in [-0.2, -0.15) is 0 Å². The van der Waals surface area contributed by atoms with Crippen LogP contribution in [0.4, 0.5) is 0 Å². The number of rotatable bonds is 4. The van der Waals surface area contributed by atoms with Crippen LogP contribution < -0.4 is 0 Å². The van der Waals surface area contributed by atoms with Crippen LogP contribution in [0.15, 0.2) is 104 Å². The molecule has 2 atom stereocenters. The van der Waals surface area contributed by atoms with E-state index < -0.39 is 20.8 Å². The topological polar surface area (TPSA) is 6.48 Å². The molecule has 0 fully saturated rings. The molecule has 0 aromatic heterocycles. The van der Waals surface area contributed by atoms with Gasteiger partial charge in [-0.1, -0.05) is 0 Å². The van der Waals surface area contributed by atoms with Gasteiger partial charge in [0, 0.05) is 0 Å². The number of benzene rings is 4. The van der Waals surface area contributed by atoms with Crippen molar-refractivity contribution in [3.05, 3.63) is 127 Å². The van der Waals surface area contributed by atoms with Gasteiger partial charge < -0.3 is 0 Å². The van der Waals surface area contributed by atoms with E-state index in [-0.39, 0.29) is 7.25 Å². The minimum absolute atomic E-state index is 0.281. The third-order valence-electron chi connectivity index (χ3n) is 8.90. The summed E-state index contributed by atoms with van der Waals surface area (Å²) in [6.45, 7) is 0. The summed E-state index contributed by atoms with van der Waals surface area (Å²) in [5.74, 6) is 0. The molecule has 4 aromatic rings. The van der Waals surface area contributed by atoms with E-state index in [1.165, 1.54) is 63.3 Å². The van der Waals surface area contributed by atoms with E-state index >= 15 is 0 Å². The molecule has 0 saturated carbocycles. The van der Waals surface area contributed by atoms with E-state index in [1.54, 1.807) is 0 Å². The van der Waals surface area contributed by atoms with Gasteiger partial charge in [0.15, 0.2) is 0 Å². The number of halogens is 2. The van der Waals surface area contributed by atoms with Crippen molar-refractivity contribution in [3.63, 3.8) is 0 Å². The monoisotopic (exact) mass is 746 g/mol. The number of nitrogens with zero attached hydrogens (tertiary/aromatic N) is 2. The van der Waals surface area contributed by atoms with Crippen LogP contribution in [-0.4, -0.2) is 33.9 Å². The molecule has 1 heterocycles. The molecular formula is C34H30Br2N2SZr. The maximum atomic E-state index is 4.09. The second-order valence-corrected chi connectivity index (χ2v) is 25.1. The van der Waals surface area contributed by atoms with Gasteiger partial charge in [-0.05, 0) is 0 Å². The first-order chi connectivity index (χ1) is 19.3. The molecule has 0 amide bonds. The van der Waals surface area contributed by atoms with Crippen LogP contribution in [0.3, 0.4) is 0 Å². The Morgan fingerprint density at radius 3 is 1.35 bits per heavy atom. The molecule has 6 heteroatoms. The molecule has 0 spiro atoms. The normalized spacial score (nSPS) is 20.1. The average Bonchev–Trinajstić information content (AvgIpc) is 3.54. The van der Waals surface area contributed by atoms with E-state index in [2.05, 4.69) is 163 Å². The Hall–Kier alpha value is -1.53. The molecule has 3 aliphatic rings. The standard InChI is InChI=1S/C30H18Br2S.2C2H6N.Zr/c31-27-11-13-29(25-17-21(15-23(25)27)19-7-3-1-4-8-19)33-30-14-12-28(32)24-16-22(18-26(24)30)20-9-5-2-6-10-20;2*1-3-2;/h1-18H;2*1-2H3;/q;2*-1;+2. The predicted molar refractivity (Wildman–Crippen MR) is 174 cm³/mol.